The number of carbonyl (C=O) groups excluding carboxylic acids is 1. The number of amides is 2. The van der Waals surface area contributed by atoms with Gasteiger partial charge in [-0.25, -0.2) is 13.6 Å². The first-order chi connectivity index (χ1) is 9.47. The molecule has 2 N–H and O–H groups in total. The van der Waals surface area contributed by atoms with Gasteiger partial charge >= 0.3 is 12.0 Å². The summed E-state index contributed by atoms with van der Waals surface area (Å²) in [6.07, 6.45) is 1.44. The Morgan fingerprint density at radius 2 is 2.05 bits per heavy atom. The molecule has 1 fully saturated rings. The van der Waals surface area contributed by atoms with Gasteiger partial charge in [0.1, 0.15) is 11.6 Å². The molecule has 1 aromatic carbocycles. The summed E-state index contributed by atoms with van der Waals surface area (Å²) in [5.74, 6) is -2.60. The number of urea groups is 1. The van der Waals surface area contributed by atoms with Gasteiger partial charge in [0.25, 0.3) is 0 Å². The highest BCUT2D eigenvalue weighted by molar-refractivity contribution is 5.90. The molecule has 1 aromatic rings. The lowest BCUT2D eigenvalue weighted by atomic mass is 10.3. The number of hydrogen-bond donors (Lipinski definition) is 2. The predicted molar refractivity (Wildman–Crippen MR) is 67.4 cm³/mol. The van der Waals surface area contributed by atoms with Crippen LogP contribution in [0.25, 0.3) is 0 Å². The summed E-state index contributed by atoms with van der Waals surface area (Å²) in [4.78, 5) is 23.9. The second-order valence-corrected chi connectivity index (χ2v) is 4.62. The first kappa shape index (κ1) is 14.2. The summed E-state index contributed by atoms with van der Waals surface area (Å²) in [6, 6.07) is 2.27. The van der Waals surface area contributed by atoms with Crippen LogP contribution in [0.3, 0.4) is 0 Å². The minimum atomic E-state index is -1.00. The number of carboxylic acids is 1. The van der Waals surface area contributed by atoms with Crippen molar-refractivity contribution < 1.29 is 23.5 Å². The fourth-order valence-corrected chi connectivity index (χ4v) is 1.83. The van der Waals surface area contributed by atoms with Gasteiger partial charge in [-0.05, 0) is 25.0 Å². The molecule has 1 saturated carbocycles. The summed E-state index contributed by atoms with van der Waals surface area (Å²) in [6.45, 7) is 0.0641. The van der Waals surface area contributed by atoms with Gasteiger partial charge in [-0.2, -0.15) is 0 Å². The average molecular weight is 284 g/mol. The zero-order valence-corrected chi connectivity index (χ0v) is 10.6. The quantitative estimate of drug-likeness (QED) is 0.872. The van der Waals surface area contributed by atoms with Crippen molar-refractivity contribution in [2.75, 3.05) is 11.9 Å². The van der Waals surface area contributed by atoms with E-state index in [-0.39, 0.29) is 24.7 Å². The summed E-state index contributed by atoms with van der Waals surface area (Å²) in [5.41, 5.74) is -0.127. The Balaban J connectivity index is 2.02. The van der Waals surface area contributed by atoms with Crippen molar-refractivity contribution in [1.82, 2.24) is 4.90 Å². The highest BCUT2D eigenvalue weighted by atomic mass is 19.1. The first-order valence-electron chi connectivity index (χ1n) is 6.22. The molecule has 0 saturated heterocycles. The minimum absolute atomic E-state index is 0.00198. The third-order valence-corrected chi connectivity index (χ3v) is 2.99. The van der Waals surface area contributed by atoms with E-state index in [9.17, 15) is 18.4 Å². The third kappa shape index (κ3) is 3.66. The number of anilines is 1. The van der Waals surface area contributed by atoms with E-state index in [1.54, 1.807) is 0 Å². The Bertz CT molecular complexity index is 532. The number of rotatable bonds is 5. The van der Waals surface area contributed by atoms with Gasteiger partial charge < -0.3 is 15.3 Å². The fourth-order valence-electron chi connectivity index (χ4n) is 1.83. The van der Waals surface area contributed by atoms with E-state index in [1.165, 1.54) is 4.90 Å². The second-order valence-electron chi connectivity index (χ2n) is 4.62. The molecule has 0 atom stereocenters. The molecule has 1 aliphatic carbocycles. The van der Waals surface area contributed by atoms with E-state index in [4.69, 9.17) is 5.11 Å². The summed E-state index contributed by atoms with van der Waals surface area (Å²) in [7, 11) is 0. The van der Waals surface area contributed by atoms with Crippen LogP contribution in [-0.4, -0.2) is 34.6 Å². The van der Waals surface area contributed by atoms with Crippen molar-refractivity contribution in [3.8, 4) is 0 Å². The number of aliphatic carboxylic acids is 1. The standard InChI is InChI=1S/C13H14F2N2O3/c14-8-1-4-11(10(15)7-8)16-13(20)17(9-2-3-9)6-5-12(18)19/h1,4,7,9H,2-3,5-6H2,(H,16,20)(H,18,19). The molecule has 0 aromatic heterocycles. The predicted octanol–water partition coefficient (Wildman–Crippen LogP) is 2.44. The molecule has 0 bridgehead atoms. The largest absolute Gasteiger partial charge is 0.481 e. The van der Waals surface area contributed by atoms with Crippen molar-refractivity contribution >= 4 is 17.7 Å². The Hall–Kier alpha value is -2.18. The number of hydrogen-bond acceptors (Lipinski definition) is 2. The lowest BCUT2D eigenvalue weighted by Gasteiger charge is -2.22. The maximum atomic E-state index is 13.4. The number of carboxylic acid groups (broad SMARTS) is 1. The highest BCUT2D eigenvalue weighted by Gasteiger charge is 2.33. The van der Waals surface area contributed by atoms with Crippen molar-refractivity contribution in [3.63, 3.8) is 0 Å². The third-order valence-electron chi connectivity index (χ3n) is 2.99. The van der Waals surface area contributed by atoms with Gasteiger partial charge in [-0.15, -0.1) is 0 Å². The van der Waals surface area contributed by atoms with Crippen molar-refractivity contribution in [2.45, 2.75) is 25.3 Å². The van der Waals surface area contributed by atoms with Crippen LogP contribution < -0.4 is 5.32 Å². The normalized spacial score (nSPS) is 13.9. The van der Waals surface area contributed by atoms with Gasteiger partial charge in [0.2, 0.25) is 0 Å². The molecule has 0 aliphatic heterocycles. The topological polar surface area (TPSA) is 69.6 Å². The van der Waals surface area contributed by atoms with E-state index in [0.717, 1.165) is 25.0 Å². The van der Waals surface area contributed by atoms with Crippen LogP contribution in [0.1, 0.15) is 19.3 Å². The van der Waals surface area contributed by atoms with Crippen LogP contribution in [0.5, 0.6) is 0 Å². The van der Waals surface area contributed by atoms with Gasteiger partial charge in [-0.1, -0.05) is 0 Å². The molecule has 0 radical (unpaired) electrons. The molecule has 1 aliphatic rings. The zero-order chi connectivity index (χ0) is 14.7. The second kappa shape index (κ2) is 5.85. The summed E-state index contributed by atoms with van der Waals surface area (Å²) < 4.78 is 26.2. The van der Waals surface area contributed by atoms with Crippen LogP contribution in [0.2, 0.25) is 0 Å². The average Bonchev–Trinajstić information content (AvgIpc) is 3.17. The lowest BCUT2D eigenvalue weighted by molar-refractivity contribution is -0.137. The molecule has 2 rings (SSSR count). The van der Waals surface area contributed by atoms with Crippen LogP contribution >= 0.6 is 0 Å². The number of benzene rings is 1. The molecule has 2 amide bonds. The monoisotopic (exact) mass is 284 g/mol. The number of nitrogens with zero attached hydrogens (tertiary/aromatic N) is 1. The molecule has 0 spiro atoms. The zero-order valence-electron chi connectivity index (χ0n) is 10.6. The molecular formula is C13H14F2N2O3. The Morgan fingerprint density at radius 1 is 1.35 bits per heavy atom. The molecule has 108 valence electrons. The molecule has 0 heterocycles. The van der Waals surface area contributed by atoms with E-state index < -0.39 is 23.6 Å². The SMILES string of the molecule is O=C(O)CCN(C(=O)Nc1ccc(F)cc1F)C1CC1. The minimum Gasteiger partial charge on any atom is -0.481 e. The van der Waals surface area contributed by atoms with Gasteiger partial charge in [-0.3, -0.25) is 4.79 Å². The van der Waals surface area contributed by atoms with Gasteiger partial charge in [0.15, 0.2) is 0 Å². The van der Waals surface area contributed by atoms with Crippen LogP contribution in [-0.2, 0) is 4.79 Å². The van der Waals surface area contributed by atoms with Crippen molar-refractivity contribution in [1.29, 1.82) is 0 Å². The van der Waals surface area contributed by atoms with E-state index >= 15 is 0 Å². The lowest BCUT2D eigenvalue weighted by Crippen LogP contribution is -2.38. The first-order valence-corrected chi connectivity index (χ1v) is 6.22. The Labute approximate surface area is 114 Å². The van der Waals surface area contributed by atoms with Crippen molar-refractivity contribution in [3.05, 3.63) is 29.8 Å². The van der Waals surface area contributed by atoms with Crippen LogP contribution in [0.4, 0.5) is 19.3 Å². The van der Waals surface area contributed by atoms with E-state index in [2.05, 4.69) is 5.32 Å². The van der Waals surface area contributed by atoms with E-state index in [0.29, 0.717) is 6.07 Å². The van der Waals surface area contributed by atoms with Gasteiger partial charge in [0.05, 0.1) is 12.1 Å². The maximum Gasteiger partial charge on any atom is 0.322 e. The molecule has 5 nitrogen and oxygen atoms in total. The Morgan fingerprint density at radius 3 is 2.60 bits per heavy atom. The molecule has 7 heteroatoms. The van der Waals surface area contributed by atoms with Gasteiger partial charge in [0, 0.05) is 18.7 Å². The Kier molecular flexibility index (Phi) is 4.16. The highest BCUT2D eigenvalue weighted by Crippen LogP contribution is 2.28. The van der Waals surface area contributed by atoms with Crippen LogP contribution in [0.15, 0.2) is 18.2 Å². The molecule has 0 unspecified atom stereocenters. The summed E-state index contributed by atoms with van der Waals surface area (Å²) >= 11 is 0. The number of halogens is 2. The maximum absolute atomic E-state index is 13.4. The molecular weight excluding hydrogens is 270 g/mol. The van der Waals surface area contributed by atoms with E-state index in [1.807, 2.05) is 0 Å². The number of carbonyl (C=O) groups is 2. The fraction of sp³-hybridized carbons (Fsp3) is 0.385. The number of nitrogens with one attached hydrogen (secondary N) is 1. The summed E-state index contributed by atoms with van der Waals surface area (Å²) in [5, 5.41) is 11.0. The van der Waals surface area contributed by atoms with Crippen molar-refractivity contribution in [2.24, 2.45) is 0 Å². The van der Waals surface area contributed by atoms with Crippen LogP contribution in [0, 0.1) is 11.6 Å². The molecule has 20 heavy (non-hydrogen) atoms. The smallest absolute Gasteiger partial charge is 0.322 e.